The number of carbonyl (C=O) groups is 1. The molecule has 1 aliphatic rings. The number of methoxy groups -OCH3 is 1. The molecule has 164 valence electrons. The van der Waals surface area contributed by atoms with Crippen LogP contribution < -0.4 is 20.3 Å². The summed E-state index contributed by atoms with van der Waals surface area (Å²) in [4.78, 5) is 13.3. The number of carbonyl (C=O) groups excluding carboxylic acids is 1. The molecular weight excluding hydrogens is 406 g/mol. The van der Waals surface area contributed by atoms with Crippen molar-refractivity contribution in [1.82, 2.24) is 10.5 Å². The van der Waals surface area contributed by atoms with Crippen molar-refractivity contribution in [2.45, 2.75) is 25.7 Å². The van der Waals surface area contributed by atoms with Crippen molar-refractivity contribution < 1.29 is 14.3 Å². The third-order valence-electron chi connectivity index (χ3n) is 5.22. The SMILES string of the molecule is COc1cccc(NC(=O)C2(C)N=NNN2Cc2ccccc2)c1OCc1ccccc1. The van der Waals surface area contributed by atoms with Crippen LogP contribution in [0.2, 0.25) is 0 Å². The van der Waals surface area contributed by atoms with E-state index in [9.17, 15) is 4.79 Å². The smallest absolute Gasteiger partial charge is 0.270 e. The fraction of sp³-hybridized carbons (Fsp3) is 0.208. The van der Waals surface area contributed by atoms with Crippen molar-refractivity contribution >= 4 is 11.6 Å². The van der Waals surface area contributed by atoms with Crippen molar-refractivity contribution in [3.8, 4) is 11.5 Å². The Labute approximate surface area is 186 Å². The van der Waals surface area contributed by atoms with Crippen molar-refractivity contribution in [3.05, 3.63) is 90.0 Å². The van der Waals surface area contributed by atoms with Gasteiger partial charge in [0.25, 0.3) is 5.91 Å². The highest BCUT2D eigenvalue weighted by molar-refractivity contribution is 5.99. The number of rotatable bonds is 8. The number of para-hydroxylation sites is 1. The summed E-state index contributed by atoms with van der Waals surface area (Å²) in [7, 11) is 1.56. The summed E-state index contributed by atoms with van der Waals surface area (Å²) < 4.78 is 11.5. The molecule has 0 saturated carbocycles. The molecule has 0 aromatic heterocycles. The molecule has 0 radical (unpaired) electrons. The van der Waals surface area contributed by atoms with Crippen LogP contribution in [-0.2, 0) is 17.9 Å². The van der Waals surface area contributed by atoms with Gasteiger partial charge in [0.2, 0.25) is 5.66 Å². The number of nitrogens with zero attached hydrogens (tertiary/aromatic N) is 3. The van der Waals surface area contributed by atoms with E-state index in [1.807, 2.05) is 60.7 Å². The molecule has 8 heteroatoms. The van der Waals surface area contributed by atoms with Crippen LogP contribution in [0.3, 0.4) is 0 Å². The minimum absolute atomic E-state index is 0.336. The van der Waals surface area contributed by atoms with Crippen LogP contribution in [0.1, 0.15) is 18.1 Å². The normalized spacial score (nSPS) is 17.6. The van der Waals surface area contributed by atoms with Gasteiger partial charge in [-0.05, 0) is 30.2 Å². The molecule has 32 heavy (non-hydrogen) atoms. The van der Waals surface area contributed by atoms with E-state index in [-0.39, 0.29) is 5.91 Å². The predicted molar refractivity (Wildman–Crippen MR) is 121 cm³/mol. The molecule has 1 heterocycles. The van der Waals surface area contributed by atoms with Gasteiger partial charge in [0.15, 0.2) is 11.5 Å². The summed E-state index contributed by atoms with van der Waals surface area (Å²) in [6.45, 7) is 2.50. The number of anilines is 1. The van der Waals surface area contributed by atoms with Gasteiger partial charge < -0.3 is 14.8 Å². The van der Waals surface area contributed by atoms with E-state index in [0.717, 1.165) is 11.1 Å². The minimum Gasteiger partial charge on any atom is -0.493 e. The van der Waals surface area contributed by atoms with Gasteiger partial charge in [0, 0.05) is 6.54 Å². The fourth-order valence-corrected chi connectivity index (χ4v) is 3.34. The molecule has 4 rings (SSSR count). The van der Waals surface area contributed by atoms with E-state index >= 15 is 0 Å². The van der Waals surface area contributed by atoms with Gasteiger partial charge in [0.05, 0.1) is 12.8 Å². The van der Waals surface area contributed by atoms with Crippen LogP contribution in [0.4, 0.5) is 5.69 Å². The first-order valence-electron chi connectivity index (χ1n) is 10.2. The Morgan fingerprint density at radius 1 is 1.00 bits per heavy atom. The summed E-state index contributed by atoms with van der Waals surface area (Å²) in [5, 5.41) is 12.7. The molecule has 0 spiro atoms. The maximum absolute atomic E-state index is 13.3. The van der Waals surface area contributed by atoms with Crippen LogP contribution in [0.15, 0.2) is 89.2 Å². The number of nitrogens with one attached hydrogen (secondary N) is 2. The lowest BCUT2D eigenvalue weighted by Gasteiger charge is -2.29. The lowest BCUT2D eigenvalue weighted by Crippen LogP contribution is -2.53. The topological polar surface area (TPSA) is 87.5 Å². The fourth-order valence-electron chi connectivity index (χ4n) is 3.34. The summed E-state index contributed by atoms with van der Waals surface area (Å²) >= 11 is 0. The Hall–Kier alpha value is -3.91. The van der Waals surface area contributed by atoms with Crippen LogP contribution >= 0.6 is 0 Å². The molecule has 0 bridgehead atoms. The zero-order chi connectivity index (χ0) is 22.4. The van der Waals surface area contributed by atoms with E-state index in [0.29, 0.717) is 30.3 Å². The molecule has 1 unspecified atom stereocenters. The van der Waals surface area contributed by atoms with Gasteiger partial charge in [0.1, 0.15) is 6.61 Å². The first-order chi connectivity index (χ1) is 15.6. The molecule has 3 aromatic carbocycles. The summed E-state index contributed by atoms with van der Waals surface area (Å²) in [6.07, 6.45) is 0. The molecule has 1 amide bonds. The molecular formula is C24H25N5O3. The second-order valence-electron chi connectivity index (χ2n) is 7.46. The number of hydrogen-bond acceptors (Lipinski definition) is 7. The molecule has 0 saturated heterocycles. The summed E-state index contributed by atoms with van der Waals surface area (Å²) in [6, 6.07) is 24.9. The first kappa shape index (κ1) is 21.3. The maximum atomic E-state index is 13.3. The third-order valence-corrected chi connectivity index (χ3v) is 5.22. The number of ether oxygens (including phenoxy) is 2. The van der Waals surface area contributed by atoms with Crippen molar-refractivity contribution in [2.75, 3.05) is 12.4 Å². The van der Waals surface area contributed by atoms with Gasteiger partial charge in [-0.2, -0.15) is 5.01 Å². The van der Waals surface area contributed by atoms with E-state index in [2.05, 4.69) is 21.2 Å². The zero-order valence-corrected chi connectivity index (χ0v) is 18.0. The average molecular weight is 431 g/mol. The van der Waals surface area contributed by atoms with Crippen LogP contribution in [-0.4, -0.2) is 23.7 Å². The highest BCUT2D eigenvalue weighted by Gasteiger charge is 2.44. The minimum atomic E-state index is -1.24. The average Bonchev–Trinajstić information content (AvgIpc) is 3.20. The Balaban J connectivity index is 1.53. The number of hydrogen-bond donors (Lipinski definition) is 2. The highest BCUT2D eigenvalue weighted by atomic mass is 16.5. The van der Waals surface area contributed by atoms with Gasteiger partial charge in [-0.25, -0.2) is 5.53 Å². The zero-order valence-electron chi connectivity index (χ0n) is 18.0. The molecule has 1 atom stereocenters. The monoisotopic (exact) mass is 431 g/mol. The second kappa shape index (κ2) is 9.49. The van der Waals surface area contributed by atoms with Gasteiger partial charge in [-0.1, -0.05) is 72.0 Å². The number of benzene rings is 3. The van der Waals surface area contributed by atoms with E-state index in [1.54, 1.807) is 37.2 Å². The second-order valence-corrected chi connectivity index (χ2v) is 7.46. The Kier molecular flexibility index (Phi) is 6.32. The van der Waals surface area contributed by atoms with Crippen molar-refractivity contribution in [2.24, 2.45) is 10.3 Å². The van der Waals surface area contributed by atoms with Crippen LogP contribution in [0.5, 0.6) is 11.5 Å². The van der Waals surface area contributed by atoms with Gasteiger partial charge in [-0.15, -0.1) is 5.11 Å². The Bertz CT molecular complexity index is 1090. The standard InChI is InChI=1S/C24H25N5O3/c1-24(26-27-28-29(24)16-18-10-5-3-6-11-18)23(30)25-20-14-9-15-21(31-2)22(20)32-17-19-12-7-4-8-13-19/h3-15H,16-17H2,1-2H3,(H,25,30)(H,26,28). The van der Waals surface area contributed by atoms with E-state index in [1.165, 1.54) is 0 Å². The molecule has 8 nitrogen and oxygen atoms in total. The van der Waals surface area contributed by atoms with Crippen molar-refractivity contribution in [1.29, 1.82) is 0 Å². The maximum Gasteiger partial charge on any atom is 0.270 e. The highest BCUT2D eigenvalue weighted by Crippen LogP contribution is 2.37. The van der Waals surface area contributed by atoms with Crippen LogP contribution in [0.25, 0.3) is 0 Å². The van der Waals surface area contributed by atoms with Gasteiger partial charge in [-0.3, -0.25) is 4.79 Å². The molecule has 2 N–H and O–H groups in total. The quantitative estimate of drug-likeness (QED) is 0.555. The first-order valence-corrected chi connectivity index (χ1v) is 10.2. The lowest BCUT2D eigenvalue weighted by molar-refractivity contribution is -0.127. The summed E-state index contributed by atoms with van der Waals surface area (Å²) in [5.74, 6) is 0.629. The van der Waals surface area contributed by atoms with Crippen LogP contribution in [0, 0.1) is 0 Å². The lowest BCUT2D eigenvalue weighted by atomic mass is 10.1. The van der Waals surface area contributed by atoms with Crippen molar-refractivity contribution in [3.63, 3.8) is 0 Å². The molecule has 3 aromatic rings. The van der Waals surface area contributed by atoms with E-state index in [4.69, 9.17) is 9.47 Å². The third kappa shape index (κ3) is 4.55. The number of hydrazine groups is 1. The molecule has 1 aliphatic heterocycles. The molecule has 0 fully saturated rings. The van der Waals surface area contributed by atoms with E-state index < -0.39 is 5.66 Å². The molecule has 0 aliphatic carbocycles. The van der Waals surface area contributed by atoms with Gasteiger partial charge >= 0.3 is 0 Å². The Morgan fingerprint density at radius 3 is 2.38 bits per heavy atom. The predicted octanol–water partition coefficient (Wildman–Crippen LogP) is 4.32. The Morgan fingerprint density at radius 2 is 1.69 bits per heavy atom. The summed E-state index contributed by atoms with van der Waals surface area (Å²) in [5.41, 5.74) is 4.11. The largest absolute Gasteiger partial charge is 0.493 e. The number of amides is 1.